The maximum atomic E-state index is 4.73. The molecule has 1 heterocycles. The molecule has 2 aromatic rings. The van der Waals surface area contributed by atoms with Crippen molar-refractivity contribution in [2.45, 2.75) is 32.2 Å². The summed E-state index contributed by atoms with van der Waals surface area (Å²) in [7, 11) is 0. The Hall–Kier alpha value is -1.41. The van der Waals surface area contributed by atoms with Gasteiger partial charge in [-0.25, -0.2) is 4.98 Å². The van der Waals surface area contributed by atoms with E-state index in [-0.39, 0.29) is 24.0 Å². The lowest BCUT2D eigenvalue weighted by Crippen LogP contribution is -2.42. The fourth-order valence-electron chi connectivity index (χ4n) is 2.67. The third-order valence-corrected chi connectivity index (χ3v) is 4.84. The number of benzene rings is 1. The Balaban J connectivity index is 0.00000225. The van der Waals surface area contributed by atoms with E-state index in [0.29, 0.717) is 6.04 Å². The van der Waals surface area contributed by atoms with Crippen LogP contribution in [0.4, 0.5) is 0 Å². The zero-order chi connectivity index (χ0) is 16.6. The second kappa shape index (κ2) is 10.6. The minimum absolute atomic E-state index is 0. The van der Waals surface area contributed by atoms with Crippen LogP contribution in [-0.2, 0) is 6.42 Å². The zero-order valence-corrected chi connectivity index (χ0v) is 17.6. The lowest BCUT2D eigenvalue weighted by molar-refractivity contribution is 0.633. The third-order valence-electron chi connectivity index (χ3n) is 3.90. The van der Waals surface area contributed by atoms with Crippen molar-refractivity contribution in [3.8, 4) is 10.6 Å². The molecule has 0 fully saturated rings. The van der Waals surface area contributed by atoms with Crippen LogP contribution in [-0.4, -0.2) is 30.1 Å². The second-order valence-corrected chi connectivity index (χ2v) is 6.66. The van der Waals surface area contributed by atoms with Gasteiger partial charge in [-0.1, -0.05) is 42.5 Å². The average molecular weight is 468 g/mol. The van der Waals surface area contributed by atoms with E-state index in [1.807, 2.05) is 18.2 Å². The average Bonchev–Trinajstić information content (AvgIpc) is 3.28. The molecular weight excluding hydrogens is 443 g/mol. The van der Waals surface area contributed by atoms with Gasteiger partial charge in [-0.15, -0.1) is 35.3 Å². The van der Waals surface area contributed by atoms with Crippen molar-refractivity contribution >= 4 is 41.3 Å². The maximum Gasteiger partial charge on any atom is 0.191 e. The van der Waals surface area contributed by atoms with Crippen LogP contribution in [0, 0.1) is 0 Å². The van der Waals surface area contributed by atoms with Gasteiger partial charge in [0.05, 0.1) is 5.69 Å². The Morgan fingerprint density at radius 1 is 1.24 bits per heavy atom. The molecule has 0 unspecified atom stereocenters. The standard InChI is InChI=1S/C19H24N4S.HI/c1-2-20-19(23-16-10-6-7-11-16)21-13-12-17-14-24-18(22-17)15-8-4-3-5-9-15;/h3-9,14,16H,2,10-13H2,1H3,(H2,20,21,23);1H. The first-order valence-corrected chi connectivity index (χ1v) is 9.43. The molecule has 0 saturated carbocycles. The van der Waals surface area contributed by atoms with E-state index < -0.39 is 0 Å². The number of guanidine groups is 1. The van der Waals surface area contributed by atoms with Gasteiger partial charge in [-0.3, -0.25) is 4.99 Å². The van der Waals surface area contributed by atoms with E-state index in [4.69, 9.17) is 4.98 Å². The van der Waals surface area contributed by atoms with Crippen molar-refractivity contribution in [3.63, 3.8) is 0 Å². The first kappa shape index (κ1) is 19.9. The predicted molar refractivity (Wildman–Crippen MR) is 118 cm³/mol. The fraction of sp³-hybridized carbons (Fsp3) is 0.368. The molecule has 3 rings (SSSR count). The lowest BCUT2D eigenvalue weighted by Gasteiger charge is -2.16. The third kappa shape index (κ3) is 6.11. The van der Waals surface area contributed by atoms with Crippen LogP contribution in [0.25, 0.3) is 10.6 Å². The van der Waals surface area contributed by atoms with Gasteiger partial charge in [0.2, 0.25) is 0 Å². The van der Waals surface area contributed by atoms with Crippen LogP contribution < -0.4 is 10.6 Å². The Kier molecular flexibility index (Phi) is 8.40. The summed E-state index contributed by atoms with van der Waals surface area (Å²) < 4.78 is 0. The summed E-state index contributed by atoms with van der Waals surface area (Å²) in [5.41, 5.74) is 2.29. The molecule has 25 heavy (non-hydrogen) atoms. The number of hydrogen-bond acceptors (Lipinski definition) is 3. The highest BCUT2D eigenvalue weighted by atomic mass is 127. The summed E-state index contributed by atoms with van der Waals surface area (Å²) >= 11 is 1.70. The van der Waals surface area contributed by atoms with E-state index in [2.05, 4.69) is 52.2 Å². The van der Waals surface area contributed by atoms with Crippen LogP contribution in [0.15, 0.2) is 52.9 Å². The first-order valence-electron chi connectivity index (χ1n) is 8.55. The molecule has 0 aliphatic heterocycles. The van der Waals surface area contributed by atoms with Crippen LogP contribution in [0.5, 0.6) is 0 Å². The van der Waals surface area contributed by atoms with Crippen molar-refractivity contribution in [1.29, 1.82) is 0 Å². The van der Waals surface area contributed by atoms with Gasteiger partial charge >= 0.3 is 0 Å². The van der Waals surface area contributed by atoms with E-state index in [1.54, 1.807) is 11.3 Å². The summed E-state index contributed by atoms with van der Waals surface area (Å²) in [5.74, 6) is 0.907. The summed E-state index contributed by atoms with van der Waals surface area (Å²) in [6.07, 6.45) is 7.47. The number of rotatable bonds is 6. The normalized spacial score (nSPS) is 14.4. The van der Waals surface area contributed by atoms with E-state index in [9.17, 15) is 0 Å². The quantitative estimate of drug-likeness (QED) is 0.289. The second-order valence-electron chi connectivity index (χ2n) is 5.80. The predicted octanol–water partition coefficient (Wildman–Crippen LogP) is 4.24. The van der Waals surface area contributed by atoms with Gasteiger partial charge in [0.25, 0.3) is 0 Å². The van der Waals surface area contributed by atoms with Crippen molar-refractivity contribution in [3.05, 3.63) is 53.6 Å². The van der Waals surface area contributed by atoms with Crippen molar-refractivity contribution in [2.24, 2.45) is 4.99 Å². The van der Waals surface area contributed by atoms with E-state index in [0.717, 1.165) is 49.0 Å². The van der Waals surface area contributed by atoms with Crippen molar-refractivity contribution in [2.75, 3.05) is 13.1 Å². The highest BCUT2D eigenvalue weighted by molar-refractivity contribution is 14.0. The van der Waals surface area contributed by atoms with Gasteiger partial charge in [-0.2, -0.15) is 0 Å². The number of aliphatic imine (C=N–C) groups is 1. The minimum Gasteiger partial charge on any atom is -0.357 e. The van der Waals surface area contributed by atoms with E-state index in [1.165, 1.54) is 5.56 Å². The molecule has 0 radical (unpaired) electrons. The zero-order valence-electron chi connectivity index (χ0n) is 14.4. The van der Waals surface area contributed by atoms with Gasteiger partial charge in [0.1, 0.15) is 5.01 Å². The SMILES string of the molecule is CCNC(=NCCc1csc(-c2ccccc2)n1)NC1CC=CC1.I. The van der Waals surface area contributed by atoms with Crippen LogP contribution in [0.2, 0.25) is 0 Å². The van der Waals surface area contributed by atoms with Gasteiger partial charge in [0.15, 0.2) is 5.96 Å². The summed E-state index contributed by atoms with van der Waals surface area (Å²) in [6.45, 7) is 3.71. The molecule has 0 spiro atoms. The van der Waals surface area contributed by atoms with E-state index >= 15 is 0 Å². The molecule has 2 N–H and O–H groups in total. The van der Waals surface area contributed by atoms with Gasteiger partial charge in [-0.05, 0) is 19.8 Å². The number of halogens is 1. The monoisotopic (exact) mass is 468 g/mol. The highest BCUT2D eigenvalue weighted by Gasteiger charge is 2.11. The number of aromatic nitrogens is 1. The van der Waals surface area contributed by atoms with Crippen molar-refractivity contribution in [1.82, 2.24) is 15.6 Å². The summed E-state index contributed by atoms with van der Waals surface area (Å²) in [4.78, 5) is 9.41. The molecule has 6 heteroatoms. The summed E-state index contributed by atoms with van der Waals surface area (Å²) in [5, 5.41) is 10.0. The molecule has 1 aromatic carbocycles. The lowest BCUT2D eigenvalue weighted by atomic mass is 10.2. The number of nitrogens with one attached hydrogen (secondary N) is 2. The largest absolute Gasteiger partial charge is 0.357 e. The Morgan fingerprint density at radius 2 is 2.00 bits per heavy atom. The van der Waals surface area contributed by atoms with Gasteiger partial charge < -0.3 is 10.6 Å². The van der Waals surface area contributed by atoms with Gasteiger partial charge in [0, 0.05) is 36.5 Å². The minimum atomic E-state index is 0. The number of hydrogen-bond donors (Lipinski definition) is 2. The molecular formula is C19H25IN4S. The molecule has 1 aliphatic rings. The summed E-state index contributed by atoms with van der Waals surface area (Å²) in [6, 6.07) is 10.8. The maximum absolute atomic E-state index is 4.73. The fourth-order valence-corrected chi connectivity index (χ4v) is 3.53. The molecule has 0 bridgehead atoms. The van der Waals surface area contributed by atoms with Crippen LogP contribution in [0.3, 0.4) is 0 Å². The molecule has 4 nitrogen and oxygen atoms in total. The molecule has 1 aliphatic carbocycles. The Morgan fingerprint density at radius 3 is 2.72 bits per heavy atom. The Bertz CT molecular complexity index is 688. The molecule has 134 valence electrons. The van der Waals surface area contributed by atoms with Crippen LogP contribution in [0.1, 0.15) is 25.5 Å². The first-order chi connectivity index (χ1) is 11.8. The highest BCUT2D eigenvalue weighted by Crippen LogP contribution is 2.23. The smallest absolute Gasteiger partial charge is 0.191 e. The molecule has 1 aromatic heterocycles. The molecule has 0 amide bonds. The molecule has 0 atom stereocenters. The van der Waals surface area contributed by atoms with Crippen molar-refractivity contribution < 1.29 is 0 Å². The molecule has 0 saturated heterocycles. The Labute approximate surface area is 170 Å². The van der Waals surface area contributed by atoms with Crippen LogP contribution >= 0.6 is 35.3 Å². The topological polar surface area (TPSA) is 49.3 Å². The number of nitrogens with zero attached hydrogens (tertiary/aromatic N) is 2. The number of thiazole rings is 1.